The summed E-state index contributed by atoms with van der Waals surface area (Å²) in [4.78, 5) is 2.36. The van der Waals surface area contributed by atoms with Crippen LogP contribution in [0.2, 0.25) is 0 Å². The summed E-state index contributed by atoms with van der Waals surface area (Å²) in [5.41, 5.74) is 7.77. The van der Waals surface area contributed by atoms with Crippen LogP contribution >= 0.6 is 0 Å². The van der Waals surface area contributed by atoms with Crippen molar-refractivity contribution in [2.75, 3.05) is 27.2 Å². The fourth-order valence-electron chi connectivity index (χ4n) is 2.61. The Balaban J connectivity index is 1.94. The third-order valence-electron chi connectivity index (χ3n) is 4.07. The van der Waals surface area contributed by atoms with Crippen molar-refractivity contribution in [3.8, 4) is 5.75 Å². The molecule has 1 saturated heterocycles. The van der Waals surface area contributed by atoms with E-state index in [-0.39, 0.29) is 5.54 Å². The molecule has 0 spiro atoms. The van der Waals surface area contributed by atoms with Gasteiger partial charge in [0.1, 0.15) is 5.75 Å². The lowest BCUT2D eigenvalue weighted by molar-refractivity contribution is 0.182. The molecule has 1 aromatic carbocycles. The van der Waals surface area contributed by atoms with E-state index in [1.54, 1.807) is 7.11 Å². The van der Waals surface area contributed by atoms with E-state index >= 15 is 0 Å². The molecule has 18 heavy (non-hydrogen) atoms. The van der Waals surface area contributed by atoms with Crippen LogP contribution in [0, 0.1) is 0 Å². The number of benzene rings is 1. The normalized spacial score (nSPS) is 19.7. The number of likely N-dealkylation sites (tertiary alicyclic amines) is 1. The van der Waals surface area contributed by atoms with Crippen molar-refractivity contribution < 1.29 is 4.74 Å². The molecule has 0 bridgehead atoms. The van der Waals surface area contributed by atoms with Crippen LogP contribution in [-0.4, -0.2) is 37.7 Å². The maximum Gasteiger partial charge on any atom is 0.122 e. The summed E-state index contributed by atoms with van der Waals surface area (Å²) in [5, 5.41) is 0. The number of aryl methyl sites for hydroxylation is 1. The zero-order chi connectivity index (χ0) is 13.0. The van der Waals surface area contributed by atoms with Crippen LogP contribution in [-0.2, 0) is 6.42 Å². The standard InChI is InChI=1S/C15H24N2O/c1-17-11-9-15(16,10-12-17)8-7-13-5-3-4-6-14(13)18-2/h3-6H,7-12,16H2,1-2H3. The lowest BCUT2D eigenvalue weighted by atomic mass is 9.83. The number of hydrogen-bond acceptors (Lipinski definition) is 3. The second-order valence-electron chi connectivity index (χ2n) is 5.48. The van der Waals surface area contributed by atoms with Crippen LogP contribution < -0.4 is 10.5 Å². The summed E-state index contributed by atoms with van der Waals surface area (Å²) >= 11 is 0. The third-order valence-corrected chi connectivity index (χ3v) is 4.07. The first kappa shape index (κ1) is 13.4. The van der Waals surface area contributed by atoms with Gasteiger partial charge in [-0.25, -0.2) is 0 Å². The summed E-state index contributed by atoms with van der Waals surface area (Å²) < 4.78 is 5.39. The minimum absolute atomic E-state index is 0.00730. The third kappa shape index (κ3) is 3.24. The van der Waals surface area contributed by atoms with Crippen LogP contribution in [0.15, 0.2) is 24.3 Å². The fourth-order valence-corrected chi connectivity index (χ4v) is 2.61. The zero-order valence-electron chi connectivity index (χ0n) is 11.5. The molecule has 2 rings (SSSR count). The molecule has 0 atom stereocenters. The van der Waals surface area contributed by atoms with E-state index in [2.05, 4.69) is 24.1 Å². The van der Waals surface area contributed by atoms with E-state index in [1.807, 2.05) is 12.1 Å². The number of ether oxygens (including phenoxy) is 1. The van der Waals surface area contributed by atoms with Gasteiger partial charge in [-0.05, 0) is 57.5 Å². The first-order valence-corrected chi connectivity index (χ1v) is 6.72. The molecule has 1 aliphatic heterocycles. The van der Waals surface area contributed by atoms with E-state index in [9.17, 15) is 0 Å². The topological polar surface area (TPSA) is 38.5 Å². The molecule has 100 valence electrons. The number of methoxy groups -OCH3 is 1. The Bertz CT molecular complexity index is 384. The molecule has 0 aromatic heterocycles. The first-order chi connectivity index (χ1) is 8.63. The minimum atomic E-state index is 0.00730. The van der Waals surface area contributed by atoms with Crippen LogP contribution in [0.25, 0.3) is 0 Å². The van der Waals surface area contributed by atoms with E-state index in [1.165, 1.54) is 5.56 Å². The van der Waals surface area contributed by atoms with Gasteiger partial charge in [-0.3, -0.25) is 0 Å². The van der Waals surface area contributed by atoms with Crippen LogP contribution in [0.5, 0.6) is 5.75 Å². The number of piperidine rings is 1. The van der Waals surface area contributed by atoms with Gasteiger partial charge in [0.15, 0.2) is 0 Å². The molecular weight excluding hydrogens is 224 g/mol. The van der Waals surface area contributed by atoms with Gasteiger partial charge in [-0.1, -0.05) is 18.2 Å². The Kier molecular flexibility index (Phi) is 4.25. The Labute approximate surface area is 110 Å². The minimum Gasteiger partial charge on any atom is -0.496 e. The smallest absolute Gasteiger partial charge is 0.122 e. The van der Waals surface area contributed by atoms with Crippen molar-refractivity contribution in [1.29, 1.82) is 0 Å². The van der Waals surface area contributed by atoms with Crippen LogP contribution in [0.1, 0.15) is 24.8 Å². The summed E-state index contributed by atoms with van der Waals surface area (Å²) in [7, 11) is 3.90. The summed E-state index contributed by atoms with van der Waals surface area (Å²) in [6.45, 7) is 2.23. The number of nitrogens with two attached hydrogens (primary N) is 1. The quantitative estimate of drug-likeness (QED) is 0.886. The molecule has 0 radical (unpaired) electrons. The number of nitrogens with zero attached hydrogens (tertiary/aromatic N) is 1. The van der Waals surface area contributed by atoms with Gasteiger partial charge in [0, 0.05) is 5.54 Å². The molecule has 1 fully saturated rings. The van der Waals surface area contributed by atoms with E-state index in [0.29, 0.717) is 0 Å². The second kappa shape index (κ2) is 5.72. The highest BCUT2D eigenvalue weighted by Gasteiger charge is 2.29. The molecule has 1 aliphatic rings. The lowest BCUT2D eigenvalue weighted by Gasteiger charge is -2.37. The lowest BCUT2D eigenvalue weighted by Crippen LogP contribution is -2.49. The molecule has 1 heterocycles. The highest BCUT2D eigenvalue weighted by Crippen LogP contribution is 2.27. The molecule has 1 aromatic rings. The monoisotopic (exact) mass is 248 g/mol. The number of hydrogen-bond donors (Lipinski definition) is 1. The molecule has 2 N–H and O–H groups in total. The second-order valence-corrected chi connectivity index (χ2v) is 5.48. The maximum atomic E-state index is 6.49. The highest BCUT2D eigenvalue weighted by molar-refractivity contribution is 5.33. The van der Waals surface area contributed by atoms with E-state index < -0.39 is 0 Å². The zero-order valence-corrected chi connectivity index (χ0v) is 11.5. The maximum absolute atomic E-state index is 6.49. The highest BCUT2D eigenvalue weighted by atomic mass is 16.5. The molecule has 3 heteroatoms. The summed E-state index contributed by atoms with van der Waals surface area (Å²) in [5.74, 6) is 0.981. The molecule has 3 nitrogen and oxygen atoms in total. The Morgan fingerprint density at radius 1 is 1.28 bits per heavy atom. The average molecular weight is 248 g/mol. The molecule has 0 aliphatic carbocycles. The van der Waals surface area contributed by atoms with Crippen LogP contribution in [0.4, 0.5) is 0 Å². The number of rotatable bonds is 4. The summed E-state index contributed by atoms with van der Waals surface area (Å²) in [6.07, 6.45) is 4.24. The van der Waals surface area contributed by atoms with Crippen molar-refractivity contribution in [2.24, 2.45) is 5.73 Å². The molecule has 0 amide bonds. The van der Waals surface area contributed by atoms with Gasteiger partial charge >= 0.3 is 0 Å². The predicted molar refractivity (Wildman–Crippen MR) is 75.0 cm³/mol. The van der Waals surface area contributed by atoms with Crippen molar-refractivity contribution in [3.63, 3.8) is 0 Å². The van der Waals surface area contributed by atoms with Gasteiger partial charge in [0.2, 0.25) is 0 Å². The van der Waals surface area contributed by atoms with E-state index in [0.717, 1.165) is 44.5 Å². The van der Waals surface area contributed by atoms with Crippen LogP contribution in [0.3, 0.4) is 0 Å². The predicted octanol–water partition coefficient (Wildman–Crippen LogP) is 2.05. The Morgan fingerprint density at radius 2 is 1.94 bits per heavy atom. The van der Waals surface area contributed by atoms with Crippen molar-refractivity contribution in [1.82, 2.24) is 4.90 Å². The van der Waals surface area contributed by atoms with Crippen molar-refractivity contribution in [2.45, 2.75) is 31.2 Å². The van der Waals surface area contributed by atoms with Crippen molar-refractivity contribution in [3.05, 3.63) is 29.8 Å². The Morgan fingerprint density at radius 3 is 2.61 bits per heavy atom. The van der Waals surface area contributed by atoms with Gasteiger partial charge in [-0.2, -0.15) is 0 Å². The van der Waals surface area contributed by atoms with Gasteiger partial charge in [0.25, 0.3) is 0 Å². The SMILES string of the molecule is COc1ccccc1CCC1(N)CCN(C)CC1. The first-order valence-electron chi connectivity index (χ1n) is 6.72. The van der Waals surface area contributed by atoms with Gasteiger partial charge in [-0.15, -0.1) is 0 Å². The molecule has 0 unspecified atom stereocenters. The van der Waals surface area contributed by atoms with Gasteiger partial charge < -0.3 is 15.4 Å². The Hall–Kier alpha value is -1.06. The summed E-state index contributed by atoms with van der Waals surface area (Å²) in [6, 6.07) is 8.23. The fraction of sp³-hybridized carbons (Fsp3) is 0.600. The van der Waals surface area contributed by atoms with Gasteiger partial charge in [0.05, 0.1) is 7.11 Å². The molecular formula is C15H24N2O. The average Bonchev–Trinajstić information content (AvgIpc) is 2.41. The van der Waals surface area contributed by atoms with Crippen molar-refractivity contribution >= 4 is 0 Å². The van der Waals surface area contributed by atoms with E-state index in [4.69, 9.17) is 10.5 Å². The molecule has 0 saturated carbocycles. The number of para-hydroxylation sites is 1. The largest absolute Gasteiger partial charge is 0.496 e.